The lowest BCUT2D eigenvalue weighted by molar-refractivity contribution is -0.141. The third-order valence-electron chi connectivity index (χ3n) is 8.66. The molecule has 5 aliphatic rings. The molecule has 7 rings (SSSR count). The molecule has 0 N–H and O–H groups in total. The van der Waals surface area contributed by atoms with Crippen molar-refractivity contribution in [1.29, 1.82) is 0 Å². The second-order valence-corrected chi connectivity index (χ2v) is 11.6. The van der Waals surface area contributed by atoms with E-state index >= 15 is 0 Å². The van der Waals surface area contributed by atoms with Crippen molar-refractivity contribution < 1.29 is 18.0 Å². The molecule has 5 fully saturated rings. The van der Waals surface area contributed by atoms with Gasteiger partial charge in [-0.05, 0) is 44.4 Å². The Hall–Kier alpha value is -2.59. The van der Waals surface area contributed by atoms with Crippen molar-refractivity contribution in [2.45, 2.75) is 63.2 Å². The van der Waals surface area contributed by atoms with Gasteiger partial charge in [-0.1, -0.05) is 0 Å². The van der Waals surface area contributed by atoms with Crippen LogP contribution in [0.1, 0.15) is 62.0 Å². The van der Waals surface area contributed by atoms with Crippen molar-refractivity contribution in [3.63, 3.8) is 0 Å². The number of urea groups is 1. The summed E-state index contributed by atoms with van der Waals surface area (Å²) >= 11 is 0. The Kier molecular flexibility index (Phi) is 4.12. The normalized spacial score (nSPS) is 25.7. The van der Waals surface area contributed by atoms with E-state index in [1.807, 2.05) is 20.8 Å². The van der Waals surface area contributed by atoms with Crippen LogP contribution >= 0.6 is 0 Å². The zero-order valence-corrected chi connectivity index (χ0v) is 18.9. The first-order valence-corrected chi connectivity index (χ1v) is 12.2. The molecule has 2 spiro atoms. The van der Waals surface area contributed by atoms with Crippen molar-refractivity contribution in [1.82, 2.24) is 34.1 Å². The van der Waals surface area contributed by atoms with Crippen LogP contribution in [0.5, 0.6) is 0 Å². The summed E-state index contributed by atoms with van der Waals surface area (Å²) in [5.41, 5.74) is -0.406. The first-order chi connectivity index (χ1) is 16.2. The Morgan fingerprint density at radius 1 is 0.971 bits per heavy atom. The number of carbonyl (C=O) groups excluding carboxylic acids is 1. The number of amides is 2. The number of imidazole rings is 1. The quantitative estimate of drug-likeness (QED) is 0.678. The monoisotopic (exact) mass is 475 g/mol. The van der Waals surface area contributed by atoms with Gasteiger partial charge in [0.2, 0.25) is 0 Å². The van der Waals surface area contributed by atoms with Crippen LogP contribution in [-0.4, -0.2) is 66.3 Å². The third kappa shape index (κ3) is 3.33. The van der Waals surface area contributed by atoms with Crippen LogP contribution < -0.4 is 0 Å². The molecule has 4 heterocycles. The molecule has 0 radical (unpaired) electrons. The van der Waals surface area contributed by atoms with Crippen LogP contribution in [0.2, 0.25) is 0 Å². The van der Waals surface area contributed by atoms with Crippen molar-refractivity contribution in [3.8, 4) is 0 Å². The summed E-state index contributed by atoms with van der Waals surface area (Å²) in [4.78, 5) is 24.7. The van der Waals surface area contributed by atoms with Crippen molar-refractivity contribution in [2.75, 3.05) is 26.2 Å². The second-order valence-electron chi connectivity index (χ2n) is 11.6. The minimum absolute atomic E-state index is 0.143. The lowest BCUT2D eigenvalue weighted by Crippen LogP contribution is -2.71. The van der Waals surface area contributed by atoms with E-state index in [0.717, 1.165) is 63.9 Å². The number of rotatable bonds is 4. The van der Waals surface area contributed by atoms with Crippen molar-refractivity contribution >= 4 is 6.03 Å². The van der Waals surface area contributed by atoms with Gasteiger partial charge in [-0.15, -0.1) is 0 Å². The molecule has 2 amide bonds. The van der Waals surface area contributed by atoms with E-state index in [2.05, 4.69) is 15.1 Å². The van der Waals surface area contributed by atoms with E-state index in [0.29, 0.717) is 24.4 Å². The predicted octanol–water partition coefficient (Wildman–Crippen LogP) is 3.54. The van der Waals surface area contributed by atoms with Crippen LogP contribution in [0.25, 0.3) is 0 Å². The van der Waals surface area contributed by atoms with Gasteiger partial charge in [-0.3, -0.25) is 0 Å². The van der Waals surface area contributed by atoms with Gasteiger partial charge in [0, 0.05) is 55.7 Å². The molecule has 2 aromatic rings. The van der Waals surface area contributed by atoms with Gasteiger partial charge < -0.3 is 14.4 Å². The maximum atomic E-state index is 12.9. The van der Waals surface area contributed by atoms with Gasteiger partial charge in [0.25, 0.3) is 0 Å². The highest BCUT2D eigenvalue weighted by atomic mass is 19.4. The highest BCUT2D eigenvalue weighted by Crippen LogP contribution is 2.56. The van der Waals surface area contributed by atoms with E-state index in [1.54, 1.807) is 4.57 Å². The van der Waals surface area contributed by atoms with E-state index in [4.69, 9.17) is 0 Å². The molecule has 3 saturated carbocycles. The zero-order chi connectivity index (χ0) is 23.3. The van der Waals surface area contributed by atoms with Gasteiger partial charge >= 0.3 is 12.2 Å². The largest absolute Gasteiger partial charge is 0.434 e. The Bertz CT molecular complexity index is 1110. The predicted molar refractivity (Wildman–Crippen MR) is 114 cm³/mol. The summed E-state index contributed by atoms with van der Waals surface area (Å²) in [5, 5.41) is 4.66. The minimum Gasteiger partial charge on any atom is -0.337 e. The number of hydrogen-bond donors (Lipinski definition) is 0. The Morgan fingerprint density at radius 2 is 1.62 bits per heavy atom. The van der Waals surface area contributed by atoms with E-state index in [-0.39, 0.29) is 16.9 Å². The SMILES string of the molecule is O=C(N1CC2(CC(Cn3cnc(C(F)(F)F)c3)C2)C1)N1CC2(CC(n3cnc(C4CC4)n3)C2)C1. The van der Waals surface area contributed by atoms with Crippen molar-refractivity contribution in [2.24, 2.45) is 16.7 Å². The fraction of sp³-hybridized carbons (Fsp3) is 0.739. The molecular formula is C23H28F3N7O. The van der Waals surface area contributed by atoms with Crippen LogP contribution in [0.15, 0.2) is 18.9 Å². The van der Waals surface area contributed by atoms with Crippen LogP contribution in [0, 0.1) is 16.7 Å². The number of halogens is 3. The average Bonchev–Trinajstić information content (AvgIpc) is 3.19. The summed E-state index contributed by atoms with van der Waals surface area (Å²) in [6, 6.07) is 0.559. The Morgan fingerprint density at radius 3 is 2.21 bits per heavy atom. The van der Waals surface area contributed by atoms with Gasteiger partial charge in [0.15, 0.2) is 11.5 Å². The number of carbonyl (C=O) groups is 1. The molecular weight excluding hydrogens is 447 g/mol. The number of nitrogens with zero attached hydrogens (tertiary/aromatic N) is 7. The number of likely N-dealkylation sites (tertiary alicyclic amines) is 2. The molecule has 34 heavy (non-hydrogen) atoms. The highest BCUT2D eigenvalue weighted by Gasteiger charge is 2.58. The van der Waals surface area contributed by atoms with Gasteiger partial charge in [-0.2, -0.15) is 18.3 Å². The average molecular weight is 476 g/mol. The van der Waals surface area contributed by atoms with E-state index < -0.39 is 11.9 Å². The minimum atomic E-state index is -4.40. The molecule has 0 aromatic carbocycles. The fourth-order valence-electron chi connectivity index (χ4n) is 6.83. The van der Waals surface area contributed by atoms with Crippen LogP contribution in [-0.2, 0) is 12.7 Å². The molecule has 182 valence electrons. The molecule has 2 saturated heterocycles. The van der Waals surface area contributed by atoms with Gasteiger partial charge in [-0.25, -0.2) is 19.4 Å². The van der Waals surface area contributed by atoms with Gasteiger partial charge in [0.05, 0.1) is 12.4 Å². The van der Waals surface area contributed by atoms with Crippen LogP contribution in [0.3, 0.4) is 0 Å². The lowest BCUT2D eigenvalue weighted by atomic mass is 9.57. The number of alkyl halides is 3. The maximum absolute atomic E-state index is 12.9. The van der Waals surface area contributed by atoms with E-state index in [9.17, 15) is 18.0 Å². The van der Waals surface area contributed by atoms with E-state index in [1.165, 1.54) is 19.2 Å². The lowest BCUT2D eigenvalue weighted by Gasteiger charge is -2.63. The molecule has 0 atom stereocenters. The van der Waals surface area contributed by atoms with Crippen molar-refractivity contribution in [3.05, 3.63) is 30.4 Å². The summed E-state index contributed by atoms with van der Waals surface area (Å²) < 4.78 is 41.7. The smallest absolute Gasteiger partial charge is 0.337 e. The Balaban J connectivity index is 0.844. The third-order valence-corrected chi connectivity index (χ3v) is 8.66. The Labute approximate surface area is 195 Å². The number of hydrogen-bond acceptors (Lipinski definition) is 4. The van der Waals surface area contributed by atoms with Crippen LogP contribution in [0.4, 0.5) is 18.0 Å². The standard InChI is InChI=1S/C23H28F3N7O/c24-23(25,26)18-8-30(13-27-18)7-15-3-21(4-15)9-31(10-21)20(34)32-11-22(12-32)5-17(6-22)33-14-28-19(29-33)16-1-2-16/h8,13-17H,1-7,9-12H2. The number of aromatic nitrogens is 5. The van der Waals surface area contributed by atoms with Gasteiger partial charge in [0.1, 0.15) is 6.33 Å². The molecule has 11 heteroatoms. The molecule has 8 nitrogen and oxygen atoms in total. The molecule has 2 aliphatic heterocycles. The topological polar surface area (TPSA) is 72.1 Å². The highest BCUT2D eigenvalue weighted by molar-refractivity contribution is 5.77. The summed E-state index contributed by atoms with van der Waals surface area (Å²) in [6.45, 7) is 3.77. The second kappa shape index (κ2) is 6.75. The molecule has 0 unspecified atom stereocenters. The summed E-state index contributed by atoms with van der Waals surface area (Å²) in [6.07, 6.45) is 6.31. The molecule has 2 aromatic heterocycles. The summed E-state index contributed by atoms with van der Waals surface area (Å²) in [5.74, 6) is 1.92. The summed E-state index contributed by atoms with van der Waals surface area (Å²) in [7, 11) is 0. The molecule has 3 aliphatic carbocycles. The first kappa shape index (κ1) is 20.8. The first-order valence-electron chi connectivity index (χ1n) is 12.2. The molecule has 0 bridgehead atoms. The fourth-order valence-corrected chi connectivity index (χ4v) is 6.83. The maximum Gasteiger partial charge on any atom is 0.434 e. The zero-order valence-electron chi connectivity index (χ0n) is 18.9.